The molecule has 0 heterocycles. The first-order valence-electron chi connectivity index (χ1n) is 5.33. The van der Waals surface area contributed by atoms with E-state index in [2.05, 4.69) is 4.99 Å². The lowest BCUT2D eigenvalue weighted by molar-refractivity contribution is -0.155. The van der Waals surface area contributed by atoms with Gasteiger partial charge in [0, 0.05) is 0 Å². The molecular weight excluding hydrogens is 226 g/mol. The van der Waals surface area contributed by atoms with Crippen molar-refractivity contribution in [2.45, 2.75) is 52.4 Å². The molecule has 0 aromatic carbocycles. The van der Waals surface area contributed by atoms with Crippen LogP contribution < -0.4 is 0 Å². The molecule has 0 bridgehead atoms. The molecule has 0 spiro atoms. The fourth-order valence-electron chi connectivity index (χ4n) is 1.03. The summed E-state index contributed by atoms with van der Waals surface area (Å²) in [6.07, 6.45) is 0.299. The third-order valence-corrected chi connectivity index (χ3v) is 1.56. The van der Waals surface area contributed by atoms with E-state index in [1.807, 2.05) is 0 Å². The van der Waals surface area contributed by atoms with E-state index in [0.29, 0.717) is 0 Å². The van der Waals surface area contributed by atoms with Gasteiger partial charge in [-0.3, -0.25) is 4.79 Å². The summed E-state index contributed by atoms with van der Waals surface area (Å²) in [5.74, 6) is -1.34. The van der Waals surface area contributed by atoms with Gasteiger partial charge in [-0.25, -0.2) is 9.59 Å². The molecule has 6 nitrogen and oxygen atoms in total. The Hall–Kier alpha value is -1.68. The zero-order valence-electron chi connectivity index (χ0n) is 10.4. The molecule has 0 N–H and O–H groups in total. The SMILES string of the molecule is CC(C)OC(=O)C[C@H](N=C=O)C(=O)OC(C)C. The maximum absolute atomic E-state index is 11.5. The maximum atomic E-state index is 11.5. The summed E-state index contributed by atoms with van der Waals surface area (Å²) in [6.45, 7) is 6.68. The molecule has 0 aliphatic carbocycles. The minimum absolute atomic E-state index is 0.288. The van der Waals surface area contributed by atoms with E-state index in [1.165, 1.54) is 6.08 Å². The summed E-state index contributed by atoms with van der Waals surface area (Å²) in [5, 5.41) is 0. The van der Waals surface area contributed by atoms with Gasteiger partial charge >= 0.3 is 11.9 Å². The largest absolute Gasteiger partial charge is 0.463 e. The lowest BCUT2D eigenvalue weighted by Crippen LogP contribution is -2.28. The van der Waals surface area contributed by atoms with Crippen LogP contribution in [0.5, 0.6) is 0 Å². The second kappa shape index (κ2) is 7.57. The van der Waals surface area contributed by atoms with Gasteiger partial charge in [0.15, 0.2) is 6.04 Å². The van der Waals surface area contributed by atoms with Crippen LogP contribution in [-0.4, -0.2) is 36.3 Å². The molecule has 0 amide bonds. The number of carbonyl (C=O) groups excluding carboxylic acids is 3. The highest BCUT2D eigenvalue weighted by atomic mass is 16.5. The summed E-state index contributed by atoms with van der Waals surface area (Å²) in [7, 11) is 0. The molecule has 1 atom stereocenters. The zero-order chi connectivity index (χ0) is 13.4. The Bertz CT molecular complexity index is 318. The molecule has 0 fully saturated rings. The number of esters is 2. The fraction of sp³-hybridized carbons (Fsp3) is 0.727. The topological polar surface area (TPSA) is 82.0 Å². The van der Waals surface area contributed by atoms with Gasteiger partial charge in [-0.05, 0) is 27.7 Å². The second-order valence-electron chi connectivity index (χ2n) is 3.96. The number of ether oxygens (including phenoxy) is 2. The summed E-state index contributed by atoms with van der Waals surface area (Å²) in [4.78, 5) is 36.2. The van der Waals surface area contributed by atoms with Gasteiger partial charge in [0.2, 0.25) is 6.08 Å². The second-order valence-corrected chi connectivity index (χ2v) is 3.96. The Morgan fingerprint density at radius 1 is 1.12 bits per heavy atom. The van der Waals surface area contributed by atoms with Crippen LogP contribution in [0.25, 0.3) is 0 Å². The minimum atomic E-state index is -1.18. The van der Waals surface area contributed by atoms with E-state index in [0.717, 1.165) is 0 Å². The van der Waals surface area contributed by atoms with Crippen LogP contribution in [0.1, 0.15) is 34.1 Å². The molecule has 0 aromatic heterocycles. The molecule has 0 aromatic rings. The number of nitrogens with zero attached hydrogens (tertiary/aromatic N) is 1. The molecular formula is C11H17NO5. The molecule has 96 valence electrons. The van der Waals surface area contributed by atoms with Crippen LogP contribution in [0.15, 0.2) is 4.99 Å². The number of rotatable bonds is 6. The van der Waals surface area contributed by atoms with Crippen molar-refractivity contribution in [2.75, 3.05) is 0 Å². The van der Waals surface area contributed by atoms with Gasteiger partial charge in [0.25, 0.3) is 0 Å². The molecule has 0 saturated carbocycles. The Kier molecular flexibility index (Phi) is 6.82. The van der Waals surface area contributed by atoms with E-state index in [4.69, 9.17) is 9.47 Å². The molecule has 17 heavy (non-hydrogen) atoms. The third-order valence-electron chi connectivity index (χ3n) is 1.56. The van der Waals surface area contributed by atoms with Gasteiger partial charge in [-0.15, -0.1) is 0 Å². The van der Waals surface area contributed by atoms with E-state index in [1.54, 1.807) is 27.7 Å². The first-order chi connectivity index (χ1) is 7.86. The van der Waals surface area contributed by atoms with Crippen LogP contribution >= 0.6 is 0 Å². The van der Waals surface area contributed by atoms with Crippen LogP contribution in [0.2, 0.25) is 0 Å². The average molecular weight is 243 g/mol. The van der Waals surface area contributed by atoms with E-state index < -0.39 is 18.0 Å². The molecule has 0 aliphatic heterocycles. The number of hydrogen-bond acceptors (Lipinski definition) is 6. The van der Waals surface area contributed by atoms with Gasteiger partial charge in [0.1, 0.15) is 0 Å². The minimum Gasteiger partial charge on any atom is -0.463 e. The molecule has 0 saturated heterocycles. The van der Waals surface area contributed by atoms with Crippen molar-refractivity contribution >= 4 is 18.0 Å². The normalized spacial score (nSPS) is 11.9. The number of isocyanates is 1. The van der Waals surface area contributed by atoms with Crippen molar-refractivity contribution in [3.8, 4) is 0 Å². The first kappa shape index (κ1) is 15.3. The van der Waals surface area contributed by atoms with Gasteiger partial charge in [0.05, 0.1) is 18.6 Å². The van der Waals surface area contributed by atoms with Crippen molar-refractivity contribution in [1.29, 1.82) is 0 Å². The average Bonchev–Trinajstić information content (AvgIpc) is 2.14. The zero-order valence-corrected chi connectivity index (χ0v) is 10.4. The van der Waals surface area contributed by atoms with Crippen molar-refractivity contribution in [2.24, 2.45) is 4.99 Å². The van der Waals surface area contributed by atoms with Crippen LogP contribution in [0.3, 0.4) is 0 Å². The monoisotopic (exact) mass is 243 g/mol. The van der Waals surface area contributed by atoms with Crippen molar-refractivity contribution < 1.29 is 23.9 Å². The standard InChI is InChI=1S/C11H17NO5/c1-7(2)16-10(14)5-9(12-6-13)11(15)17-8(3)4/h7-9H,5H2,1-4H3/t9-/m0/s1. The smallest absolute Gasteiger partial charge is 0.332 e. The van der Waals surface area contributed by atoms with Crippen molar-refractivity contribution in [1.82, 2.24) is 0 Å². The number of aliphatic imine (C=N–C) groups is 1. The maximum Gasteiger partial charge on any atom is 0.332 e. The van der Waals surface area contributed by atoms with Crippen LogP contribution in [0.4, 0.5) is 0 Å². The quantitative estimate of drug-likeness (QED) is 0.394. The molecule has 0 aliphatic rings. The van der Waals surface area contributed by atoms with E-state index in [-0.39, 0.29) is 18.6 Å². The Labute approximate surface area is 100.0 Å². The lowest BCUT2D eigenvalue weighted by Gasteiger charge is -2.13. The summed E-state index contributed by atoms with van der Waals surface area (Å²) in [5.41, 5.74) is 0. The number of carbonyl (C=O) groups is 2. The predicted molar refractivity (Wildman–Crippen MR) is 59.0 cm³/mol. The van der Waals surface area contributed by atoms with Crippen molar-refractivity contribution in [3.05, 3.63) is 0 Å². The highest BCUT2D eigenvalue weighted by Gasteiger charge is 2.25. The summed E-state index contributed by atoms with van der Waals surface area (Å²) >= 11 is 0. The fourth-order valence-corrected chi connectivity index (χ4v) is 1.03. The lowest BCUT2D eigenvalue weighted by atomic mass is 10.2. The van der Waals surface area contributed by atoms with Crippen LogP contribution in [-0.2, 0) is 23.9 Å². The summed E-state index contributed by atoms with van der Waals surface area (Å²) in [6, 6.07) is -1.18. The highest BCUT2D eigenvalue weighted by Crippen LogP contribution is 2.06. The Morgan fingerprint density at radius 2 is 1.65 bits per heavy atom. The van der Waals surface area contributed by atoms with Gasteiger partial charge in [-0.1, -0.05) is 0 Å². The molecule has 0 radical (unpaired) electrons. The van der Waals surface area contributed by atoms with Gasteiger partial charge in [-0.2, -0.15) is 4.99 Å². The predicted octanol–water partition coefficient (Wildman–Crippen LogP) is 0.984. The van der Waals surface area contributed by atoms with Crippen molar-refractivity contribution in [3.63, 3.8) is 0 Å². The first-order valence-corrected chi connectivity index (χ1v) is 5.33. The number of hydrogen-bond donors (Lipinski definition) is 0. The van der Waals surface area contributed by atoms with Gasteiger partial charge < -0.3 is 9.47 Å². The molecule has 0 rings (SSSR count). The Balaban J connectivity index is 4.48. The summed E-state index contributed by atoms with van der Waals surface area (Å²) < 4.78 is 9.70. The highest BCUT2D eigenvalue weighted by molar-refractivity contribution is 5.83. The van der Waals surface area contributed by atoms with E-state index >= 15 is 0 Å². The molecule has 6 heteroatoms. The van der Waals surface area contributed by atoms with Crippen LogP contribution in [0, 0.1) is 0 Å². The van der Waals surface area contributed by atoms with E-state index in [9.17, 15) is 14.4 Å². The third kappa shape index (κ3) is 7.25. The molecule has 0 unspecified atom stereocenters. The Morgan fingerprint density at radius 3 is 2.06 bits per heavy atom.